The molecule has 0 atom stereocenters. The molecule has 6 N–H and O–H groups in total. The van der Waals surface area contributed by atoms with Crippen LogP contribution in [0.3, 0.4) is 0 Å². The van der Waals surface area contributed by atoms with Crippen LogP contribution in [0.2, 0.25) is 0 Å². The van der Waals surface area contributed by atoms with Crippen LogP contribution in [0.25, 0.3) is 12.2 Å². The molecule has 45 heavy (non-hydrogen) atoms. The van der Waals surface area contributed by atoms with E-state index in [1.54, 1.807) is 13.0 Å². The Labute approximate surface area is 309 Å². The minimum Gasteiger partial charge on any atom is -1.00 e. The van der Waals surface area contributed by atoms with Crippen molar-refractivity contribution in [1.29, 1.82) is 0 Å². The smallest absolute Gasteiger partial charge is 1.00 e. The number of hydrogen-bond acceptors (Lipinski definition) is 4. The Hall–Kier alpha value is -3.12. The number of carbonyl (C=O) groups excluding carboxylic acids is 2. The van der Waals surface area contributed by atoms with Gasteiger partial charge in [0.2, 0.25) is 0 Å². The van der Waals surface area contributed by atoms with Crippen LogP contribution < -0.4 is 69.7 Å². The predicted octanol–water partition coefficient (Wildman–Crippen LogP) is -1.24. The SMILES string of the molecule is C=CC1=C(C)/C(=C/c2[nH]c(Cc3[nH]c(/C=C4\NC(=O)C(C)=C4C=C)c(C)c3CCC(=O)O)c(CCC(=O)O)c2C)NC1=O.[H-].[H-].[Na+].[Na+]. The monoisotopic (exact) mass is 632 g/mol. The van der Waals surface area contributed by atoms with E-state index in [1.807, 2.05) is 32.9 Å². The second-order valence-corrected chi connectivity index (χ2v) is 10.7. The quantitative estimate of drug-likeness (QED) is 0.160. The molecule has 0 bridgehead atoms. The van der Waals surface area contributed by atoms with Crippen molar-refractivity contribution in [3.63, 3.8) is 0 Å². The first-order valence-electron chi connectivity index (χ1n) is 13.9. The average Bonchev–Trinajstić information content (AvgIpc) is 3.59. The number of aromatic nitrogens is 2. The van der Waals surface area contributed by atoms with Crippen LogP contribution in [-0.4, -0.2) is 43.9 Å². The fourth-order valence-electron chi connectivity index (χ4n) is 5.61. The van der Waals surface area contributed by atoms with E-state index < -0.39 is 11.9 Å². The van der Waals surface area contributed by atoms with Crippen molar-refractivity contribution in [1.82, 2.24) is 20.6 Å². The Balaban J connectivity index is 0.00000529. The molecule has 0 saturated heterocycles. The van der Waals surface area contributed by atoms with Crippen molar-refractivity contribution >= 4 is 35.9 Å². The van der Waals surface area contributed by atoms with Crippen LogP contribution in [-0.2, 0) is 38.4 Å². The summed E-state index contributed by atoms with van der Waals surface area (Å²) in [5.74, 6) is -2.28. The van der Waals surface area contributed by atoms with Gasteiger partial charge in [-0.25, -0.2) is 0 Å². The normalized spacial score (nSPS) is 16.1. The molecule has 2 aliphatic heterocycles. The molecular formula is C33H38N4Na2O6. The minimum atomic E-state index is -0.922. The fourth-order valence-corrected chi connectivity index (χ4v) is 5.61. The molecular weight excluding hydrogens is 594 g/mol. The summed E-state index contributed by atoms with van der Waals surface area (Å²) in [6.45, 7) is 14.9. The van der Waals surface area contributed by atoms with Crippen LogP contribution in [0.1, 0.15) is 74.6 Å². The largest absolute Gasteiger partial charge is 1.00 e. The van der Waals surface area contributed by atoms with E-state index in [0.29, 0.717) is 34.5 Å². The number of hydrogen-bond donors (Lipinski definition) is 6. The minimum absolute atomic E-state index is 0. The number of allylic oxidation sites excluding steroid dienone is 2. The maximum Gasteiger partial charge on any atom is 1.00 e. The Morgan fingerprint density at radius 1 is 0.711 bits per heavy atom. The number of aliphatic carboxylic acids is 2. The molecule has 0 aromatic carbocycles. The number of H-pyrrole nitrogens is 2. The molecule has 2 amide bonds. The Morgan fingerprint density at radius 3 is 1.58 bits per heavy atom. The van der Waals surface area contributed by atoms with Crippen LogP contribution in [0, 0.1) is 13.8 Å². The third-order valence-corrected chi connectivity index (χ3v) is 8.11. The summed E-state index contributed by atoms with van der Waals surface area (Å²) in [5, 5.41) is 24.6. The molecule has 0 spiro atoms. The van der Waals surface area contributed by atoms with Gasteiger partial charge in [0.05, 0.1) is 5.70 Å². The molecule has 12 heteroatoms. The van der Waals surface area contributed by atoms with Gasteiger partial charge < -0.3 is 33.7 Å². The van der Waals surface area contributed by atoms with E-state index in [2.05, 4.69) is 33.8 Å². The third kappa shape index (κ3) is 8.19. The van der Waals surface area contributed by atoms with Gasteiger partial charge in [-0.2, -0.15) is 0 Å². The zero-order chi connectivity index (χ0) is 31.6. The maximum atomic E-state index is 12.3. The van der Waals surface area contributed by atoms with Crippen molar-refractivity contribution in [2.75, 3.05) is 0 Å². The molecule has 2 aliphatic rings. The summed E-state index contributed by atoms with van der Waals surface area (Å²) in [6, 6.07) is 0. The van der Waals surface area contributed by atoms with Gasteiger partial charge in [0.25, 0.3) is 11.8 Å². The van der Waals surface area contributed by atoms with Crippen molar-refractivity contribution in [2.45, 2.75) is 59.8 Å². The zero-order valence-electron chi connectivity index (χ0n) is 28.8. The van der Waals surface area contributed by atoms with Crippen LogP contribution >= 0.6 is 0 Å². The standard InChI is InChI=1S/C33H36N4O6.2Na.2H/c1-7-20-19(6)32(42)37-27(20)14-25-18(5)23(10-12-31(40)41)29(35-25)15-28-22(9-11-30(38)39)17(4)24(34-28)13-26-16(3)21(8-2)33(43)36-26;;;;/h7-8,13-14,34-35H,1-2,9-12,15H2,3-6H3,(H,36,43)(H,37,42)(H,38,39)(H,40,41);;;;/q;2*+1;2*-1/b26-13-,27-14-;;;;. The number of carboxylic acid groups (broad SMARTS) is 2. The second kappa shape index (κ2) is 15.9. The number of rotatable bonds is 12. The van der Waals surface area contributed by atoms with Gasteiger partial charge in [-0.05, 0) is 80.5 Å². The molecule has 0 saturated carbocycles. The number of carboxylic acids is 2. The van der Waals surface area contributed by atoms with Crippen molar-refractivity contribution in [3.8, 4) is 0 Å². The summed E-state index contributed by atoms with van der Waals surface area (Å²) in [7, 11) is 0. The number of aromatic amines is 2. The number of nitrogens with one attached hydrogen (secondary N) is 4. The third-order valence-electron chi connectivity index (χ3n) is 8.11. The van der Waals surface area contributed by atoms with Gasteiger partial charge in [-0.3, -0.25) is 19.2 Å². The van der Waals surface area contributed by atoms with Crippen LogP contribution in [0.15, 0.2) is 59.0 Å². The average molecular weight is 633 g/mol. The van der Waals surface area contributed by atoms with E-state index in [-0.39, 0.29) is 99.5 Å². The van der Waals surface area contributed by atoms with Crippen LogP contribution in [0.5, 0.6) is 0 Å². The fraction of sp³-hybridized carbons (Fsp3) is 0.273. The summed E-state index contributed by atoms with van der Waals surface area (Å²) in [4.78, 5) is 54.5. The Morgan fingerprint density at radius 2 is 1.16 bits per heavy atom. The van der Waals surface area contributed by atoms with Gasteiger partial charge in [0, 0.05) is 64.5 Å². The molecule has 0 fully saturated rings. The van der Waals surface area contributed by atoms with E-state index in [0.717, 1.165) is 50.6 Å². The van der Waals surface area contributed by atoms with Gasteiger partial charge >= 0.3 is 71.1 Å². The molecule has 4 rings (SSSR count). The molecule has 4 heterocycles. The molecule has 0 radical (unpaired) electrons. The molecule has 10 nitrogen and oxygen atoms in total. The van der Waals surface area contributed by atoms with Crippen molar-refractivity contribution in [3.05, 3.63) is 104 Å². The van der Waals surface area contributed by atoms with Crippen LogP contribution in [0.4, 0.5) is 0 Å². The number of amides is 2. The van der Waals surface area contributed by atoms with Crippen molar-refractivity contribution < 1.29 is 91.4 Å². The molecule has 0 unspecified atom stereocenters. The first-order valence-corrected chi connectivity index (χ1v) is 13.9. The molecule has 0 aliphatic carbocycles. The van der Waals surface area contributed by atoms with E-state index >= 15 is 0 Å². The summed E-state index contributed by atoms with van der Waals surface area (Å²) in [6.07, 6.45) is 7.58. The zero-order valence-corrected chi connectivity index (χ0v) is 30.8. The first-order chi connectivity index (χ1) is 20.4. The Bertz CT molecular complexity index is 1730. The predicted molar refractivity (Wildman–Crippen MR) is 166 cm³/mol. The maximum absolute atomic E-state index is 12.3. The van der Waals surface area contributed by atoms with Gasteiger partial charge in [0.1, 0.15) is 0 Å². The van der Waals surface area contributed by atoms with Crippen molar-refractivity contribution in [2.24, 2.45) is 0 Å². The van der Waals surface area contributed by atoms with E-state index in [4.69, 9.17) is 0 Å². The van der Waals surface area contributed by atoms with Gasteiger partial charge in [0.15, 0.2) is 0 Å². The Kier molecular flexibility index (Phi) is 13.5. The first kappa shape index (κ1) is 38.1. The molecule has 2 aromatic heterocycles. The summed E-state index contributed by atoms with van der Waals surface area (Å²) in [5.41, 5.74) is 10.2. The molecule has 2 aromatic rings. The summed E-state index contributed by atoms with van der Waals surface area (Å²) >= 11 is 0. The topological polar surface area (TPSA) is 164 Å². The molecule has 228 valence electrons. The summed E-state index contributed by atoms with van der Waals surface area (Å²) < 4.78 is 0. The van der Waals surface area contributed by atoms with E-state index in [9.17, 15) is 29.4 Å². The van der Waals surface area contributed by atoms with E-state index in [1.165, 1.54) is 6.08 Å². The van der Waals surface area contributed by atoms with Gasteiger partial charge in [-0.1, -0.05) is 25.3 Å². The number of carbonyl (C=O) groups is 4. The van der Waals surface area contributed by atoms with Gasteiger partial charge in [-0.15, -0.1) is 0 Å². The second-order valence-electron chi connectivity index (χ2n) is 10.7.